The predicted octanol–water partition coefficient (Wildman–Crippen LogP) is 19.5. The van der Waals surface area contributed by atoms with Gasteiger partial charge in [0.1, 0.15) is 6.61 Å². The molecular weight excluding hydrogens is 813 g/mol. The van der Waals surface area contributed by atoms with Crippen LogP contribution in [-0.2, 0) is 23.8 Å². The van der Waals surface area contributed by atoms with Gasteiger partial charge in [-0.15, -0.1) is 0 Å². The smallest absolute Gasteiger partial charge is 0.306 e. The van der Waals surface area contributed by atoms with Gasteiger partial charge in [-0.1, -0.05) is 235 Å². The van der Waals surface area contributed by atoms with Crippen molar-refractivity contribution < 1.29 is 23.8 Å². The molecule has 0 radical (unpaired) electrons. The van der Waals surface area contributed by atoms with Crippen LogP contribution >= 0.6 is 0 Å². The average molecular weight is 922 g/mol. The van der Waals surface area contributed by atoms with Crippen molar-refractivity contribution in [3.63, 3.8) is 0 Å². The lowest BCUT2D eigenvalue weighted by molar-refractivity contribution is -0.163. The molecule has 1 atom stereocenters. The van der Waals surface area contributed by atoms with Crippen LogP contribution in [0.15, 0.2) is 72.9 Å². The van der Waals surface area contributed by atoms with E-state index in [1.165, 1.54) is 154 Å². The number of hydrogen-bond acceptors (Lipinski definition) is 5. The van der Waals surface area contributed by atoms with Crippen LogP contribution in [0.1, 0.15) is 278 Å². The number of ether oxygens (including phenoxy) is 3. The van der Waals surface area contributed by atoms with E-state index in [4.69, 9.17) is 14.2 Å². The molecule has 5 heteroatoms. The zero-order valence-corrected chi connectivity index (χ0v) is 44.0. The van der Waals surface area contributed by atoms with Gasteiger partial charge in [-0.25, -0.2) is 0 Å². The summed E-state index contributed by atoms with van der Waals surface area (Å²) in [6, 6.07) is 0. The van der Waals surface area contributed by atoms with Gasteiger partial charge in [0.15, 0.2) is 6.10 Å². The van der Waals surface area contributed by atoms with E-state index < -0.39 is 6.10 Å². The Morgan fingerprint density at radius 1 is 0.348 bits per heavy atom. The number of hydrogen-bond donors (Lipinski definition) is 0. The van der Waals surface area contributed by atoms with Gasteiger partial charge in [0.25, 0.3) is 0 Å². The van der Waals surface area contributed by atoms with Crippen molar-refractivity contribution in [2.45, 2.75) is 284 Å². The van der Waals surface area contributed by atoms with Gasteiger partial charge in [0.2, 0.25) is 0 Å². The van der Waals surface area contributed by atoms with E-state index in [0.29, 0.717) is 19.4 Å². The molecule has 0 amide bonds. The molecular formula is C61H108O5. The molecule has 0 spiro atoms. The third kappa shape index (κ3) is 54.0. The lowest BCUT2D eigenvalue weighted by Crippen LogP contribution is -2.30. The summed E-state index contributed by atoms with van der Waals surface area (Å²) in [5, 5.41) is 0. The van der Waals surface area contributed by atoms with E-state index in [1.807, 2.05) is 0 Å². The molecule has 0 fully saturated rings. The van der Waals surface area contributed by atoms with Crippen molar-refractivity contribution in [1.82, 2.24) is 0 Å². The minimum atomic E-state index is -0.550. The Morgan fingerprint density at radius 2 is 0.712 bits per heavy atom. The highest BCUT2D eigenvalue weighted by Gasteiger charge is 2.17. The van der Waals surface area contributed by atoms with Crippen molar-refractivity contribution in [3.05, 3.63) is 72.9 Å². The maximum absolute atomic E-state index is 12.8. The molecule has 0 aliphatic carbocycles. The SMILES string of the molecule is CC/C=C\C/C=C\C/C=C\CCCCCCCCCC(=O)OCC(COCCCCCCCCCCCC/C=C\CCCCCCCC)OC(=O)CCCCCCC/C=C\C/C=C\CCC. The van der Waals surface area contributed by atoms with E-state index in [-0.39, 0.29) is 25.2 Å². The summed E-state index contributed by atoms with van der Waals surface area (Å²) in [5.74, 6) is -0.419. The second kappa shape index (κ2) is 56.7. The number of rotatable bonds is 52. The van der Waals surface area contributed by atoms with E-state index >= 15 is 0 Å². The van der Waals surface area contributed by atoms with Gasteiger partial charge in [-0.05, 0) is 103 Å². The Bertz CT molecular complexity index is 1180. The summed E-state index contributed by atoms with van der Waals surface area (Å²) in [6.07, 6.45) is 73.5. The third-order valence-electron chi connectivity index (χ3n) is 12.2. The van der Waals surface area contributed by atoms with Crippen molar-refractivity contribution in [2.75, 3.05) is 19.8 Å². The fourth-order valence-electron chi connectivity index (χ4n) is 7.97. The van der Waals surface area contributed by atoms with Gasteiger partial charge < -0.3 is 14.2 Å². The fraction of sp³-hybridized carbons (Fsp3) is 0.770. The summed E-state index contributed by atoms with van der Waals surface area (Å²) < 4.78 is 17.5. The molecule has 0 aliphatic rings. The molecule has 1 unspecified atom stereocenters. The van der Waals surface area contributed by atoms with Crippen LogP contribution in [0.3, 0.4) is 0 Å². The highest BCUT2D eigenvalue weighted by atomic mass is 16.6. The molecule has 0 N–H and O–H groups in total. The molecule has 5 nitrogen and oxygen atoms in total. The van der Waals surface area contributed by atoms with Crippen LogP contribution in [0.4, 0.5) is 0 Å². The highest BCUT2D eigenvalue weighted by Crippen LogP contribution is 2.15. The maximum atomic E-state index is 12.8. The Kier molecular flexibility index (Phi) is 54.4. The van der Waals surface area contributed by atoms with Crippen LogP contribution < -0.4 is 0 Å². The number of allylic oxidation sites excluding steroid dienone is 12. The first-order valence-corrected chi connectivity index (χ1v) is 28.5. The lowest BCUT2D eigenvalue weighted by atomic mass is 10.1. The largest absolute Gasteiger partial charge is 0.462 e. The fourth-order valence-corrected chi connectivity index (χ4v) is 7.97. The van der Waals surface area contributed by atoms with Crippen molar-refractivity contribution in [3.8, 4) is 0 Å². The van der Waals surface area contributed by atoms with Crippen LogP contribution in [0, 0.1) is 0 Å². The van der Waals surface area contributed by atoms with Crippen molar-refractivity contribution in [1.29, 1.82) is 0 Å². The molecule has 66 heavy (non-hydrogen) atoms. The third-order valence-corrected chi connectivity index (χ3v) is 12.2. The van der Waals surface area contributed by atoms with Gasteiger partial charge in [-0.3, -0.25) is 9.59 Å². The number of esters is 2. The van der Waals surface area contributed by atoms with Crippen molar-refractivity contribution in [2.24, 2.45) is 0 Å². The van der Waals surface area contributed by atoms with Gasteiger partial charge in [-0.2, -0.15) is 0 Å². The molecule has 0 saturated carbocycles. The van der Waals surface area contributed by atoms with Crippen LogP contribution in [0.5, 0.6) is 0 Å². The Morgan fingerprint density at radius 3 is 1.17 bits per heavy atom. The lowest BCUT2D eigenvalue weighted by Gasteiger charge is -2.18. The van der Waals surface area contributed by atoms with Gasteiger partial charge >= 0.3 is 11.9 Å². The van der Waals surface area contributed by atoms with E-state index in [9.17, 15) is 9.59 Å². The summed E-state index contributed by atoms with van der Waals surface area (Å²) in [5.41, 5.74) is 0. The van der Waals surface area contributed by atoms with Crippen LogP contribution in [-0.4, -0.2) is 37.9 Å². The molecule has 0 aliphatic heterocycles. The number of carbonyl (C=O) groups excluding carboxylic acids is 2. The zero-order chi connectivity index (χ0) is 47.7. The second-order valence-corrected chi connectivity index (χ2v) is 18.8. The van der Waals surface area contributed by atoms with E-state index in [2.05, 4.69) is 93.7 Å². The average Bonchev–Trinajstić information content (AvgIpc) is 3.32. The first-order valence-electron chi connectivity index (χ1n) is 28.5. The van der Waals surface area contributed by atoms with Crippen molar-refractivity contribution >= 4 is 11.9 Å². The Hall–Kier alpha value is -2.66. The first kappa shape index (κ1) is 63.3. The summed E-state index contributed by atoms with van der Waals surface area (Å²) in [4.78, 5) is 25.5. The summed E-state index contributed by atoms with van der Waals surface area (Å²) in [7, 11) is 0. The Labute approximate surface area is 410 Å². The molecule has 0 rings (SSSR count). The van der Waals surface area contributed by atoms with Gasteiger partial charge in [0, 0.05) is 19.4 Å². The quantitative estimate of drug-likeness (QED) is 0.0346. The number of unbranched alkanes of at least 4 members (excludes halogenated alkanes) is 29. The predicted molar refractivity (Wildman–Crippen MR) is 288 cm³/mol. The Balaban J connectivity index is 4.25. The minimum Gasteiger partial charge on any atom is -0.462 e. The van der Waals surface area contributed by atoms with Crippen LogP contribution in [0.25, 0.3) is 0 Å². The summed E-state index contributed by atoms with van der Waals surface area (Å²) in [6.45, 7) is 7.65. The van der Waals surface area contributed by atoms with E-state index in [1.54, 1.807) is 0 Å². The van der Waals surface area contributed by atoms with Gasteiger partial charge in [0.05, 0.1) is 6.61 Å². The topological polar surface area (TPSA) is 61.8 Å². The monoisotopic (exact) mass is 921 g/mol. The maximum Gasteiger partial charge on any atom is 0.306 e. The minimum absolute atomic E-state index is 0.0729. The van der Waals surface area contributed by atoms with Crippen LogP contribution in [0.2, 0.25) is 0 Å². The molecule has 0 aromatic carbocycles. The second-order valence-electron chi connectivity index (χ2n) is 18.8. The molecule has 0 aromatic heterocycles. The zero-order valence-electron chi connectivity index (χ0n) is 44.0. The first-order chi connectivity index (χ1) is 32.6. The molecule has 0 aromatic rings. The molecule has 0 heterocycles. The molecule has 0 bridgehead atoms. The molecule has 0 saturated heterocycles. The standard InChI is InChI=1S/C61H108O5/c1-4-7-10-13-16-19-22-25-27-29-30-31-33-35-38-41-44-47-50-53-56-64-57-59(66-61(63)55-52-49-46-43-40-36-24-21-18-15-12-9-6-3)58-65-60(62)54-51-48-45-42-39-37-34-32-28-26-23-20-17-14-11-8-5-2/h8,11-12,15,17,20-21,24-28,59H,4-7,9-10,13-14,16,18-19,22-23,29-58H2,1-3H3/b11-8-,15-12-,20-17-,24-21-,27-25-,28-26-. The number of carbonyl (C=O) groups is 2. The molecule has 382 valence electrons. The summed E-state index contributed by atoms with van der Waals surface area (Å²) >= 11 is 0. The highest BCUT2D eigenvalue weighted by molar-refractivity contribution is 5.70. The normalized spacial score (nSPS) is 12.7. The van der Waals surface area contributed by atoms with E-state index in [0.717, 1.165) is 89.9 Å².